The van der Waals surface area contributed by atoms with Crippen LogP contribution in [0.25, 0.3) is 11.0 Å². The topological polar surface area (TPSA) is 76.0 Å². The molecule has 0 aliphatic carbocycles. The third-order valence-electron chi connectivity index (χ3n) is 5.84. The first kappa shape index (κ1) is 21.8. The average Bonchev–Trinajstić information content (AvgIpc) is 3.34. The summed E-state index contributed by atoms with van der Waals surface area (Å²) in [7, 11) is -1.24. The minimum atomic E-state index is -1.24. The van der Waals surface area contributed by atoms with Crippen LogP contribution in [0.3, 0.4) is 0 Å². The zero-order valence-corrected chi connectivity index (χ0v) is 20.0. The molecule has 0 spiro atoms. The van der Waals surface area contributed by atoms with Crippen molar-refractivity contribution in [1.82, 2.24) is 24.6 Å². The van der Waals surface area contributed by atoms with Crippen molar-refractivity contribution in [1.29, 1.82) is 0 Å². The van der Waals surface area contributed by atoms with Crippen LogP contribution >= 0.6 is 0 Å². The van der Waals surface area contributed by atoms with E-state index in [1.807, 2.05) is 30.2 Å². The largest absolute Gasteiger partial charge is 0.351 e. The number of pyridine rings is 1. The zero-order chi connectivity index (χ0) is 22.0. The number of piperidine rings is 1. The number of aromatic amines is 1. The van der Waals surface area contributed by atoms with Crippen LogP contribution in [-0.4, -0.2) is 58.3 Å². The van der Waals surface area contributed by atoms with Gasteiger partial charge >= 0.3 is 0 Å². The van der Waals surface area contributed by atoms with Gasteiger partial charge in [0.15, 0.2) is 6.23 Å². The van der Waals surface area contributed by atoms with Gasteiger partial charge in [0.25, 0.3) is 5.91 Å². The van der Waals surface area contributed by atoms with Crippen LogP contribution in [-0.2, 0) is 4.74 Å². The van der Waals surface area contributed by atoms with Gasteiger partial charge in [0.2, 0.25) is 0 Å². The Balaban J connectivity index is 1.63. The van der Waals surface area contributed by atoms with Gasteiger partial charge in [0, 0.05) is 45.6 Å². The van der Waals surface area contributed by atoms with Crippen LogP contribution in [0.2, 0.25) is 25.7 Å². The Morgan fingerprint density at radius 3 is 2.74 bits per heavy atom. The molecule has 1 fully saturated rings. The Bertz CT molecular complexity index is 1010. The summed E-state index contributed by atoms with van der Waals surface area (Å²) < 4.78 is 8.16. The molecule has 7 nitrogen and oxygen atoms in total. The van der Waals surface area contributed by atoms with E-state index >= 15 is 0 Å². The number of aryl methyl sites for hydroxylation is 1. The molecule has 1 saturated heterocycles. The molecule has 1 atom stereocenters. The number of H-pyrrole nitrogens is 1. The van der Waals surface area contributed by atoms with Crippen molar-refractivity contribution in [3.8, 4) is 0 Å². The molecule has 1 N–H and O–H groups in total. The molecular formula is C23H33N5O2Si. The number of rotatable bonds is 7. The number of fused-ring (bicyclic) bond motifs is 1. The zero-order valence-electron chi connectivity index (χ0n) is 19.0. The summed E-state index contributed by atoms with van der Waals surface area (Å²) in [5.41, 5.74) is 3.12. The van der Waals surface area contributed by atoms with Gasteiger partial charge in [-0.1, -0.05) is 19.6 Å². The van der Waals surface area contributed by atoms with Crippen molar-refractivity contribution in [2.75, 3.05) is 19.7 Å². The summed E-state index contributed by atoms with van der Waals surface area (Å²) in [6, 6.07) is 7.07. The van der Waals surface area contributed by atoms with Gasteiger partial charge in [0.05, 0.1) is 17.0 Å². The van der Waals surface area contributed by atoms with Gasteiger partial charge in [-0.3, -0.25) is 4.79 Å². The number of aromatic nitrogens is 4. The Morgan fingerprint density at radius 2 is 2.03 bits per heavy atom. The maximum absolute atomic E-state index is 13.1. The first-order valence-electron chi connectivity index (χ1n) is 11.2. The fraction of sp³-hybridized carbons (Fsp3) is 0.522. The Labute approximate surface area is 184 Å². The highest BCUT2D eigenvalue weighted by molar-refractivity contribution is 6.76. The van der Waals surface area contributed by atoms with E-state index in [1.54, 1.807) is 10.9 Å². The van der Waals surface area contributed by atoms with Crippen LogP contribution in [0.5, 0.6) is 0 Å². The van der Waals surface area contributed by atoms with E-state index in [9.17, 15) is 4.79 Å². The molecule has 4 rings (SSSR count). The molecule has 0 saturated carbocycles. The molecule has 3 aromatic heterocycles. The van der Waals surface area contributed by atoms with Crippen molar-refractivity contribution in [2.45, 2.75) is 58.1 Å². The van der Waals surface area contributed by atoms with E-state index in [-0.39, 0.29) is 5.91 Å². The van der Waals surface area contributed by atoms with E-state index in [0.29, 0.717) is 12.2 Å². The van der Waals surface area contributed by atoms with Crippen LogP contribution in [0, 0.1) is 6.92 Å². The minimum absolute atomic E-state index is 0.0719. The molecule has 166 valence electrons. The molecule has 1 unspecified atom stereocenters. The lowest BCUT2D eigenvalue weighted by Gasteiger charge is -2.26. The van der Waals surface area contributed by atoms with Crippen LogP contribution < -0.4 is 0 Å². The SMILES string of the molecule is Cc1nn(C(OCC[Si](C)(C)C)c2cc3cccnc3[nH]2)cc1C(=O)N1CCCCC1. The van der Waals surface area contributed by atoms with Crippen molar-refractivity contribution in [3.05, 3.63) is 47.5 Å². The first-order valence-corrected chi connectivity index (χ1v) is 14.9. The lowest BCUT2D eigenvalue weighted by atomic mass is 10.1. The molecular weight excluding hydrogens is 406 g/mol. The molecule has 1 aliphatic rings. The van der Waals surface area contributed by atoms with Crippen LogP contribution in [0.15, 0.2) is 30.6 Å². The summed E-state index contributed by atoms with van der Waals surface area (Å²) in [6.07, 6.45) is 6.55. The quantitative estimate of drug-likeness (QED) is 0.546. The summed E-state index contributed by atoms with van der Waals surface area (Å²) >= 11 is 0. The second-order valence-corrected chi connectivity index (χ2v) is 15.3. The molecule has 1 aliphatic heterocycles. The van der Waals surface area contributed by atoms with Gasteiger partial charge in [-0.25, -0.2) is 9.67 Å². The molecule has 0 bridgehead atoms. The molecule has 0 radical (unpaired) electrons. The fourth-order valence-electron chi connectivity index (χ4n) is 3.98. The smallest absolute Gasteiger partial charge is 0.257 e. The monoisotopic (exact) mass is 439 g/mol. The van der Waals surface area contributed by atoms with E-state index in [0.717, 1.165) is 54.4 Å². The summed E-state index contributed by atoms with van der Waals surface area (Å²) in [5, 5.41) is 5.74. The van der Waals surface area contributed by atoms with Crippen LogP contribution in [0.4, 0.5) is 0 Å². The normalized spacial score (nSPS) is 16.1. The molecule has 31 heavy (non-hydrogen) atoms. The highest BCUT2D eigenvalue weighted by Gasteiger charge is 2.26. The molecule has 1 amide bonds. The van der Waals surface area contributed by atoms with E-state index in [4.69, 9.17) is 9.84 Å². The first-order chi connectivity index (χ1) is 14.8. The fourth-order valence-corrected chi connectivity index (χ4v) is 4.71. The van der Waals surface area contributed by atoms with Gasteiger partial charge < -0.3 is 14.6 Å². The Hall–Kier alpha value is -2.45. The van der Waals surface area contributed by atoms with Gasteiger partial charge in [0.1, 0.15) is 5.65 Å². The minimum Gasteiger partial charge on any atom is -0.351 e. The number of ether oxygens (including phenoxy) is 1. The third kappa shape index (κ3) is 5.07. The van der Waals surface area contributed by atoms with E-state index < -0.39 is 14.3 Å². The predicted molar refractivity (Wildman–Crippen MR) is 125 cm³/mol. The van der Waals surface area contributed by atoms with Crippen molar-refractivity contribution >= 4 is 25.0 Å². The third-order valence-corrected chi connectivity index (χ3v) is 7.54. The molecule has 3 aromatic rings. The summed E-state index contributed by atoms with van der Waals surface area (Å²) in [5.74, 6) is 0.0719. The van der Waals surface area contributed by atoms with E-state index in [1.165, 1.54) is 6.42 Å². The lowest BCUT2D eigenvalue weighted by molar-refractivity contribution is 0.0290. The van der Waals surface area contributed by atoms with Gasteiger partial charge in [-0.15, -0.1) is 0 Å². The van der Waals surface area contributed by atoms with Crippen molar-refractivity contribution in [2.24, 2.45) is 0 Å². The summed E-state index contributed by atoms with van der Waals surface area (Å²) in [4.78, 5) is 22.8. The molecule has 4 heterocycles. The number of nitrogens with one attached hydrogen (secondary N) is 1. The Kier molecular flexibility index (Phi) is 6.29. The molecule has 8 heteroatoms. The highest BCUT2D eigenvalue weighted by Crippen LogP contribution is 2.26. The second kappa shape index (κ2) is 8.96. The maximum Gasteiger partial charge on any atom is 0.257 e. The number of nitrogens with zero attached hydrogens (tertiary/aromatic N) is 4. The van der Waals surface area contributed by atoms with E-state index in [2.05, 4.69) is 35.7 Å². The number of likely N-dealkylation sites (tertiary alicyclic amines) is 1. The second-order valence-electron chi connectivity index (χ2n) is 9.66. The summed E-state index contributed by atoms with van der Waals surface area (Å²) in [6.45, 7) is 11.2. The highest BCUT2D eigenvalue weighted by atomic mass is 28.3. The predicted octanol–water partition coefficient (Wildman–Crippen LogP) is 4.60. The number of carbonyl (C=O) groups is 1. The number of amides is 1. The number of hydrogen-bond donors (Lipinski definition) is 1. The maximum atomic E-state index is 13.1. The van der Waals surface area contributed by atoms with Crippen molar-refractivity contribution in [3.63, 3.8) is 0 Å². The average molecular weight is 440 g/mol. The standard InChI is InChI=1S/C23H33N5O2Si/c1-17-19(22(29)27-11-6-5-7-12-27)16-28(26-17)23(30-13-14-31(2,3)4)20-15-18-9-8-10-24-21(18)25-20/h8-10,15-16,23H,5-7,11-14H2,1-4H3,(H,24,25). The van der Waals surface area contributed by atoms with Gasteiger partial charge in [-0.05, 0) is 50.4 Å². The Morgan fingerprint density at radius 1 is 1.26 bits per heavy atom. The lowest BCUT2D eigenvalue weighted by Crippen LogP contribution is -2.35. The van der Waals surface area contributed by atoms with Crippen molar-refractivity contribution < 1.29 is 9.53 Å². The van der Waals surface area contributed by atoms with Gasteiger partial charge in [-0.2, -0.15) is 5.10 Å². The molecule has 0 aromatic carbocycles. The number of hydrogen-bond acceptors (Lipinski definition) is 4. The number of carbonyl (C=O) groups excluding carboxylic acids is 1. The van der Waals surface area contributed by atoms with Crippen LogP contribution in [0.1, 0.15) is 47.2 Å².